The van der Waals surface area contributed by atoms with Gasteiger partial charge in [-0.1, -0.05) is 0 Å². The van der Waals surface area contributed by atoms with Crippen molar-refractivity contribution in [2.45, 2.75) is 23.8 Å². The molecule has 1 saturated heterocycles. The lowest BCUT2D eigenvalue weighted by Gasteiger charge is -2.23. The van der Waals surface area contributed by atoms with Crippen molar-refractivity contribution in [3.63, 3.8) is 0 Å². The van der Waals surface area contributed by atoms with E-state index in [1.807, 2.05) is 0 Å². The highest BCUT2D eigenvalue weighted by molar-refractivity contribution is 9.10. The van der Waals surface area contributed by atoms with Crippen molar-refractivity contribution in [1.29, 1.82) is 0 Å². The third-order valence-electron chi connectivity index (χ3n) is 2.76. The number of benzene rings is 1. The Kier molecular flexibility index (Phi) is 4.26. The van der Waals surface area contributed by atoms with Gasteiger partial charge in [-0.25, -0.2) is 13.1 Å². The summed E-state index contributed by atoms with van der Waals surface area (Å²) in [5, 5.41) is 0. The zero-order chi connectivity index (χ0) is 13.2. The highest BCUT2D eigenvalue weighted by atomic mass is 79.9. The van der Waals surface area contributed by atoms with E-state index < -0.39 is 10.0 Å². The molecule has 0 aliphatic carbocycles. The van der Waals surface area contributed by atoms with E-state index in [2.05, 4.69) is 20.7 Å². The maximum Gasteiger partial charge on any atom is 0.240 e. The van der Waals surface area contributed by atoms with Crippen LogP contribution in [0.25, 0.3) is 0 Å². The Morgan fingerprint density at radius 1 is 1.44 bits per heavy atom. The predicted molar refractivity (Wildman–Crippen MR) is 72.7 cm³/mol. The zero-order valence-corrected chi connectivity index (χ0v) is 12.1. The van der Waals surface area contributed by atoms with Gasteiger partial charge in [0.1, 0.15) is 0 Å². The Hall–Kier alpha value is -0.630. The number of nitrogens with two attached hydrogens (primary N) is 1. The van der Waals surface area contributed by atoms with Gasteiger partial charge in [0.05, 0.1) is 11.5 Å². The Bertz CT molecular complexity index is 527. The maximum absolute atomic E-state index is 12.1. The molecule has 100 valence electrons. The molecule has 1 aromatic rings. The van der Waals surface area contributed by atoms with E-state index >= 15 is 0 Å². The van der Waals surface area contributed by atoms with E-state index in [1.165, 1.54) is 12.1 Å². The second kappa shape index (κ2) is 5.56. The summed E-state index contributed by atoms with van der Waals surface area (Å²) in [6.45, 7) is 1.13. The van der Waals surface area contributed by atoms with Crippen LogP contribution in [-0.4, -0.2) is 27.7 Å². The minimum atomic E-state index is -3.51. The van der Waals surface area contributed by atoms with E-state index in [4.69, 9.17) is 10.5 Å². The number of nitrogens with one attached hydrogen (secondary N) is 1. The van der Waals surface area contributed by atoms with Crippen molar-refractivity contribution in [3.05, 3.63) is 22.7 Å². The third kappa shape index (κ3) is 3.23. The Labute approximate surface area is 115 Å². The number of rotatable bonds is 3. The molecule has 1 aliphatic rings. The summed E-state index contributed by atoms with van der Waals surface area (Å²) in [4.78, 5) is 0.203. The molecule has 5 nitrogen and oxygen atoms in total. The highest BCUT2D eigenvalue weighted by Gasteiger charge is 2.22. The molecule has 1 fully saturated rings. The smallest absolute Gasteiger partial charge is 0.240 e. The summed E-state index contributed by atoms with van der Waals surface area (Å²) < 4.78 is 32.7. The van der Waals surface area contributed by atoms with Crippen LogP contribution in [0, 0.1) is 0 Å². The summed E-state index contributed by atoms with van der Waals surface area (Å²) in [7, 11) is -3.51. The molecule has 0 aromatic heterocycles. The second-order valence-electron chi connectivity index (χ2n) is 4.22. The van der Waals surface area contributed by atoms with Crippen LogP contribution in [0.1, 0.15) is 12.8 Å². The van der Waals surface area contributed by atoms with Crippen LogP contribution in [-0.2, 0) is 14.8 Å². The minimum absolute atomic E-state index is 0.153. The lowest BCUT2D eigenvalue weighted by Crippen LogP contribution is -2.40. The first-order valence-corrected chi connectivity index (χ1v) is 7.92. The average Bonchev–Trinajstić information content (AvgIpc) is 2.33. The molecule has 1 aliphatic heterocycles. The van der Waals surface area contributed by atoms with Crippen molar-refractivity contribution in [2.24, 2.45) is 0 Å². The summed E-state index contributed by atoms with van der Waals surface area (Å²) in [6.07, 6.45) is 1.67. The summed E-state index contributed by atoms with van der Waals surface area (Å²) in [6, 6.07) is 4.41. The molecule has 3 N–H and O–H groups in total. The fraction of sp³-hybridized carbons (Fsp3) is 0.455. The van der Waals surface area contributed by atoms with Crippen molar-refractivity contribution in [2.75, 3.05) is 18.9 Å². The summed E-state index contributed by atoms with van der Waals surface area (Å²) in [5.74, 6) is 0. The maximum atomic E-state index is 12.1. The molecule has 0 bridgehead atoms. The fourth-order valence-electron chi connectivity index (χ4n) is 1.80. The first-order chi connectivity index (χ1) is 8.49. The normalized spacial score (nSPS) is 20.8. The molecule has 0 spiro atoms. The minimum Gasteiger partial charge on any atom is -0.398 e. The SMILES string of the molecule is Nc1ccc(S(=O)(=O)NC2CCCOC2)cc1Br. The first kappa shape index (κ1) is 13.8. The lowest BCUT2D eigenvalue weighted by atomic mass is 10.1. The van der Waals surface area contributed by atoms with Gasteiger partial charge < -0.3 is 10.5 Å². The molecule has 1 unspecified atom stereocenters. The molecule has 18 heavy (non-hydrogen) atoms. The van der Waals surface area contributed by atoms with Gasteiger partial charge in [0.25, 0.3) is 0 Å². The number of hydrogen-bond donors (Lipinski definition) is 2. The fourth-order valence-corrected chi connectivity index (χ4v) is 3.61. The molecule has 7 heteroatoms. The number of anilines is 1. The lowest BCUT2D eigenvalue weighted by molar-refractivity contribution is 0.0774. The second-order valence-corrected chi connectivity index (χ2v) is 6.79. The van der Waals surface area contributed by atoms with Gasteiger partial charge in [0.15, 0.2) is 0 Å². The molecule has 1 heterocycles. The predicted octanol–water partition coefficient (Wildman–Crippen LogP) is 1.49. The molecule has 0 amide bonds. The molecule has 0 saturated carbocycles. The quantitative estimate of drug-likeness (QED) is 0.820. The van der Waals surface area contributed by atoms with Crippen LogP contribution in [0.15, 0.2) is 27.6 Å². The van der Waals surface area contributed by atoms with Crippen LogP contribution in [0.5, 0.6) is 0 Å². The number of sulfonamides is 1. The number of hydrogen-bond acceptors (Lipinski definition) is 4. The van der Waals surface area contributed by atoms with Gasteiger partial charge in [0.2, 0.25) is 10.0 Å². The Morgan fingerprint density at radius 2 is 2.22 bits per heavy atom. The van der Waals surface area contributed by atoms with Crippen LogP contribution in [0.4, 0.5) is 5.69 Å². The summed E-state index contributed by atoms with van der Waals surface area (Å²) >= 11 is 3.22. The summed E-state index contributed by atoms with van der Waals surface area (Å²) in [5.41, 5.74) is 6.14. The molecule has 0 radical (unpaired) electrons. The van der Waals surface area contributed by atoms with Gasteiger partial charge in [-0.15, -0.1) is 0 Å². The largest absolute Gasteiger partial charge is 0.398 e. The van der Waals surface area contributed by atoms with Crippen LogP contribution >= 0.6 is 15.9 Å². The number of ether oxygens (including phenoxy) is 1. The van der Waals surface area contributed by atoms with Crippen LogP contribution in [0.3, 0.4) is 0 Å². The van der Waals surface area contributed by atoms with Crippen molar-refractivity contribution in [1.82, 2.24) is 4.72 Å². The van der Waals surface area contributed by atoms with Crippen LogP contribution in [0.2, 0.25) is 0 Å². The Balaban J connectivity index is 2.16. The average molecular weight is 335 g/mol. The number of halogens is 1. The molecule has 1 aromatic carbocycles. The van der Waals surface area contributed by atoms with E-state index in [0.29, 0.717) is 23.4 Å². The van der Waals surface area contributed by atoms with E-state index in [9.17, 15) is 8.42 Å². The number of nitrogen functional groups attached to an aromatic ring is 1. The molecule has 2 rings (SSSR count). The van der Waals surface area contributed by atoms with Gasteiger partial charge in [-0.3, -0.25) is 0 Å². The van der Waals surface area contributed by atoms with E-state index in [0.717, 1.165) is 12.8 Å². The molecule has 1 atom stereocenters. The van der Waals surface area contributed by atoms with Gasteiger partial charge in [-0.05, 0) is 47.0 Å². The standard InChI is InChI=1S/C11H15BrN2O3S/c12-10-6-9(3-4-11(10)13)18(15,16)14-8-2-1-5-17-7-8/h3-4,6,8,14H,1-2,5,7,13H2. The van der Waals surface area contributed by atoms with E-state index in [-0.39, 0.29) is 10.9 Å². The first-order valence-electron chi connectivity index (χ1n) is 5.64. The van der Waals surface area contributed by atoms with Gasteiger partial charge in [-0.2, -0.15) is 0 Å². The van der Waals surface area contributed by atoms with Crippen LogP contribution < -0.4 is 10.5 Å². The zero-order valence-electron chi connectivity index (χ0n) is 9.73. The highest BCUT2D eigenvalue weighted by Crippen LogP contribution is 2.23. The third-order valence-corrected chi connectivity index (χ3v) is 4.97. The van der Waals surface area contributed by atoms with Crippen molar-refractivity contribution < 1.29 is 13.2 Å². The van der Waals surface area contributed by atoms with Gasteiger partial charge in [0, 0.05) is 22.8 Å². The molecular formula is C11H15BrN2O3S. The van der Waals surface area contributed by atoms with E-state index in [1.54, 1.807) is 6.07 Å². The topological polar surface area (TPSA) is 81.4 Å². The van der Waals surface area contributed by atoms with Gasteiger partial charge >= 0.3 is 0 Å². The monoisotopic (exact) mass is 334 g/mol. The Morgan fingerprint density at radius 3 is 2.83 bits per heavy atom. The molecular weight excluding hydrogens is 320 g/mol. The van der Waals surface area contributed by atoms with Crippen molar-refractivity contribution >= 4 is 31.6 Å². The van der Waals surface area contributed by atoms with Crippen molar-refractivity contribution in [3.8, 4) is 0 Å².